The van der Waals surface area contributed by atoms with Gasteiger partial charge in [0.2, 0.25) is 0 Å². The molecule has 104 valence electrons. The summed E-state index contributed by atoms with van der Waals surface area (Å²) in [6, 6.07) is 5.01. The van der Waals surface area contributed by atoms with E-state index in [4.69, 9.17) is 9.47 Å². The Bertz CT molecular complexity index is 394. The number of aromatic nitrogens is 1. The van der Waals surface area contributed by atoms with E-state index in [0.29, 0.717) is 12.1 Å². The maximum absolute atomic E-state index is 5.76. The van der Waals surface area contributed by atoms with Gasteiger partial charge in [0.25, 0.3) is 0 Å². The third-order valence-corrected chi connectivity index (χ3v) is 4.23. The van der Waals surface area contributed by atoms with E-state index in [0.717, 1.165) is 38.9 Å². The molecule has 4 nitrogen and oxygen atoms in total. The van der Waals surface area contributed by atoms with Gasteiger partial charge in [-0.25, -0.2) is 0 Å². The van der Waals surface area contributed by atoms with Crippen molar-refractivity contribution in [2.24, 2.45) is 0 Å². The molecule has 0 amide bonds. The van der Waals surface area contributed by atoms with Crippen molar-refractivity contribution in [1.29, 1.82) is 0 Å². The van der Waals surface area contributed by atoms with Crippen molar-refractivity contribution in [2.75, 3.05) is 13.2 Å². The second kappa shape index (κ2) is 5.57. The van der Waals surface area contributed by atoms with E-state index in [1.165, 1.54) is 5.56 Å². The molecule has 4 heteroatoms. The highest BCUT2D eigenvalue weighted by Crippen LogP contribution is 2.36. The fraction of sp³-hybridized carbons (Fsp3) is 0.667. The van der Waals surface area contributed by atoms with Crippen LogP contribution in [0.2, 0.25) is 0 Å². The Morgan fingerprint density at radius 3 is 2.68 bits per heavy atom. The monoisotopic (exact) mass is 262 g/mol. The van der Waals surface area contributed by atoms with E-state index >= 15 is 0 Å². The van der Waals surface area contributed by atoms with Crippen LogP contribution < -0.4 is 5.32 Å². The Balaban J connectivity index is 1.52. The number of hydrogen-bond acceptors (Lipinski definition) is 4. The standard InChI is InChI=1S/C15H22N2O2/c1-12(13-3-2-8-16-11-13)17-14-4-6-15(7-5-14)18-9-10-19-15/h2-3,8,11-12,14,17H,4-7,9-10H2,1H3/t12-/m1/s1. The molecule has 0 aromatic carbocycles. The van der Waals surface area contributed by atoms with Crippen molar-refractivity contribution in [3.8, 4) is 0 Å². The quantitative estimate of drug-likeness (QED) is 0.908. The summed E-state index contributed by atoms with van der Waals surface area (Å²) in [4.78, 5) is 4.18. The smallest absolute Gasteiger partial charge is 0.168 e. The lowest BCUT2D eigenvalue weighted by atomic mass is 9.89. The number of ether oxygens (including phenoxy) is 2. The Kier molecular flexibility index (Phi) is 3.82. The summed E-state index contributed by atoms with van der Waals surface area (Å²) in [6.07, 6.45) is 7.99. The van der Waals surface area contributed by atoms with Crippen LogP contribution >= 0.6 is 0 Å². The highest BCUT2D eigenvalue weighted by Gasteiger charge is 2.40. The first-order chi connectivity index (χ1) is 9.27. The molecule has 2 aliphatic rings. The van der Waals surface area contributed by atoms with E-state index in [1.807, 2.05) is 18.5 Å². The molecule has 3 rings (SSSR count). The molecule has 0 bridgehead atoms. The van der Waals surface area contributed by atoms with Crippen molar-refractivity contribution in [3.05, 3.63) is 30.1 Å². The number of pyridine rings is 1. The number of nitrogens with one attached hydrogen (secondary N) is 1. The van der Waals surface area contributed by atoms with Crippen molar-refractivity contribution in [2.45, 2.75) is 50.5 Å². The van der Waals surface area contributed by atoms with E-state index < -0.39 is 0 Å². The van der Waals surface area contributed by atoms with Gasteiger partial charge in [0.1, 0.15) is 0 Å². The molecule has 0 radical (unpaired) electrons. The highest BCUT2D eigenvalue weighted by molar-refractivity contribution is 5.13. The number of hydrogen-bond donors (Lipinski definition) is 1. The molecule has 1 atom stereocenters. The van der Waals surface area contributed by atoms with Gasteiger partial charge in [-0.05, 0) is 31.4 Å². The molecule has 2 heterocycles. The van der Waals surface area contributed by atoms with Crippen LogP contribution in [0.25, 0.3) is 0 Å². The Morgan fingerprint density at radius 1 is 1.32 bits per heavy atom. The lowest BCUT2D eigenvalue weighted by Gasteiger charge is -2.36. The van der Waals surface area contributed by atoms with Crippen LogP contribution in [0, 0.1) is 0 Å². The molecule has 1 saturated carbocycles. The molecule has 1 saturated heterocycles. The highest BCUT2D eigenvalue weighted by atomic mass is 16.7. The largest absolute Gasteiger partial charge is 0.348 e. The second-order valence-corrected chi connectivity index (χ2v) is 5.56. The minimum absolute atomic E-state index is 0.254. The molecule has 1 N–H and O–H groups in total. The topological polar surface area (TPSA) is 43.4 Å². The molecule has 1 spiro atoms. The fourth-order valence-electron chi connectivity index (χ4n) is 3.09. The van der Waals surface area contributed by atoms with Gasteiger partial charge in [0.05, 0.1) is 13.2 Å². The first kappa shape index (κ1) is 13.0. The van der Waals surface area contributed by atoms with Crippen LogP contribution in [0.1, 0.15) is 44.2 Å². The van der Waals surface area contributed by atoms with E-state index in [-0.39, 0.29) is 5.79 Å². The van der Waals surface area contributed by atoms with Gasteiger partial charge >= 0.3 is 0 Å². The van der Waals surface area contributed by atoms with Crippen LogP contribution in [-0.2, 0) is 9.47 Å². The maximum Gasteiger partial charge on any atom is 0.168 e. The number of nitrogens with zero attached hydrogens (tertiary/aromatic N) is 1. The molecular weight excluding hydrogens is 240 g/mol. The van der Waals surface area contributed by atoms with Crippen molar-refractivity contribution >= 4 is 0 Å². The van der Waals surface area contributed by atoms with Gasteiger partial charge in [-0.3, -0.25) is 4.98 Å². The molecule has 1 aromatic rings. The van der Waals surface area contributed by atoms with E-state index in [9.17, 15) is 0 Å². The third kappa shape index (κ3) is 2.96. The van der Waals surface area contributed by atoms with Crippen LogP contribution in [0.4, 0.5) is 0 Å². The summed E-state index contributed by atoms with van der Waals surface area (Å²) in [5, 5.41) is 3.69. The molecular formula is C15H22N2O2. The molecule has 1 aromatic heterocycles. The second-order valence-electron chi connectivity index (χ2n) is 5.56. The van der Waals surface area contributed by atoms with Crippen LogP contribution in [0.3, 0.4) is 0 Å². The van der Waals surface area contributed by atoms with Gasteiger partial charge in [-0.2, -0.15) is 0 Å². The summed E-state index contributed by atoms with van der Waals surface area (Å²) in [6.45, 7) is 3.71. The van der Waals surface area contributed by atoms with Crippen LogP contribution in [0.5, 0.6) is 0 Å². The first-order valence-corrected chi connectivity index (χ1v) is 7.21. The average molecular weight is 262 g/mol. The Morgan fingerprint density at radius 2 is 2.05 bits per heavy atom. The van der Waals surface area contributed by atoms with Crippen LogP contribution in [-0.4, -0.2) is 30.0 Å². The molecule has 1 aliphatic heterocycles. The van der Waals surface area contributed by atoms with Crippen molar-refractivity contribution in [1.82, 2.24) is 10.3 Å². The van der Waals surface area contributed by atoms with Gasteiger partial charge < -0.3 is 14.8 Å². The van der Waals surface area contributed by atoms with Crippen molar-refractivity contribution < 1.29 is 9.47 Å². The molecule has 1 aliphatic carbocycles. The van der Waals surface area contributed by atoms with Crippen LogP contribution in [0.15, 0.2) is 24.5 Å². The summed E-state index contributed by atoms with van der Waals surface area (Å²) in [5.74, 6) is -0.254. The SMILES string of the molecule is C[C@@H](NC1CCC2(CC1)OCCO2)c1cccnc1. The lowest BCUT2D eigenvalue weighted by Crippen LogP contribution is -2.42. The van der Waals surface area contributed by atoms with Gasteiger partial charge in [0.15, 0.2) is 5.79 Å². The maximum atomic E-state index is 5.76. The summed E-state index contributed by atoms with van der Waals surface area (Å²) < 4.78 is 11.5. The van der Waals surface area contributed by atoms with Gasteiger partial charge in [-0.15, -0.1) is 0 Å². The average Bonchev–Trinajstić information content (AvgIpc) is 2.91. The summed E-state index contributed by atoms with van der Waals surface area (Å²) in [5.41, 5.74) is 1.25. The predicted molar refractivity (Wildman–Crippen MR) is 72.7 cm³/mol. The minimum Gasteiger partial charge on any atom is -0.348 e. The Labute approximate surface area is 114 Å². The fourth-order valence-corrected chi connectivity index (χ4v) is 3.09. The summed E-state index contributed by atoms with van der Waals surface area (Å²) in [7, 11) is 0. The zero-order valence-electron chi connectivity index (χ0n) is 11.5. The zero-order chi connectivity index (χ0) is 13.1. The van der Waals surface area contributed by atoms with Gasteiger partial charge in [-0.1, -0.05) is 6.07 Å². The molecule has 2 fully saturated rings. The number of rotatable bonds is 3. The predicted octanol–water partition coefficient (Wildman–Crippen LogP) is 2.42. The third-order valence-electron chi connectivity index (χ3n) is 4.23. The molecule has 0 unspecified atom stereocenters. The van der Waals surface area contributed by atoms with E-state index in [1.54, 1.807) is 0 Å². The zero-order valence-corrected chi connectivity index (χ0v) is 11.5. The molecule has 19 heavy (non-hydrogen) atoms. The van der Waals surface area contributed by atoms with Crippen molar-refractivity contribution in [3.63, 3.8) is 0 Å². The van der Waals surface area contributed by atoms with Gasteiger partial charge in [0, 0.05) is 37.3 Å². The lowest BCUT2D eigenvalue weighted by molar-refractivity contribution is -0.179. The van der Waals surface area contributed by atoms with E-state index in [2.05, 4.69) is 23.3 Å². The summed E-state index contributed by atoms with van der Waals surface area (Å²) >= 11 is 0. The Hall–Kier alpha value is -0.970. The minimum atomic E-state index is -0.254. The normalized spacial score (nSPS) is 24.7. The first-order valence-electron chi connectivity index (χ1n) is 7.21.